The van der Waals surface area contributed by atoms with Gasteiger partial charge in [-0.05, 0) is 26.1 Å². The lowest BCUT2D eigenvalue weighted by Crippen LogP contribution is -2.36. The molecule has 0 spiro atoms. The Balaban J connectivity index is 2.29. The molecule has 66 valence electrons. The summed E-state index contributed by atoms with van der Waals surface area (Å²) in [5.41, 5.74) is 5.59. The Hall–Kier alpha value is 0.270. The molecule has 1 rings (SSSR count). The molecule has 0 aliphatic carbocycles. The van der Waals surface area contributed by atoms with Crippen LogP contribution >= 0.6 is 11.8 Å². The van der Waals surface area contributed by atoms with Gasteiger partial charge in [-0.15, -0.1) is 0 Å². The second-order valence-electron chi connectivity index (χ2n) is 3.23. The van der Waals surface area contributed by atoms with Gasteiger partial charge in [-0.3, -0.25) is 4.90 Å². The van der Waals surface area contributed by atoms with E-state index in [9.17, 15) is 0 Å². The van der Waals surface area contributed by atoms with E-state index in [1.165, 1.54) is 19.5 Å². The number of hydrogen-bond donors (Lipinski definition) is 1. The van der Waals surface area contributed by atoms with Crippen LogP contribution in [-0.4, -0.2) is 42.1 Å². The minimum absolute atomic E-state index is 0.576. The summed E-state index contributed by atoms with van der Waals surface area (Å²) >= 11 is 1.98. The molecule has 2 nitrogen and oxygen atoms in total. The molecule has 1 aliphatic rings. The standard InChI is InChI=1S/C8H18N2S/c1-7(5-9)10-4-3-8(6-10)11-2/h7-8H,3-6,9H2,1-2H3. The van der Waals surface area contributed by atoms with Crippen molar-refractivity contribution in [1.82, 2.24) is 4.90 Å². The Morgan fingerprint density at radius 3 is 2.91 bits per heavy atom. The van der Waals surface area contributed by atoms with E-state index in [2.05, 4.69) is 18.1 Å². The van der Waals surface area contributed by atoms with Crippen molar-refractivity contribution in [2.45, 2.75) is 24.6 Å². The van der Waals surface area contributed by atoms with Crippen molar-refractivity contribution in [2.75, 3.05) is 25.9 Å². The highest BCUT2D eigenvalue weighted by Gasteiger charge is 2.24. The minimum Gasteiger partial charge on any atom is -0.329 e. The van der Waals surface area contributed by atoms with Gasteiger partial charge >= 0.3 is 0 Å². The first-order valence-electron chi connectivity index (χ1n) is 4.24. The van der Waals surface area contributed by atoms with Gasteiger partial charge in [0.05, 0.1) is 0 Å². The summed E-state index contributed by atoms with van der Waals surface area (Å²) in [5, 5.41) is 0.851. The van der Waals surface area contributed by atoms with Crippen LogP contribution in [0.15, 0.2) is 0 Å². The molecular formula is C8H18N2S. The van der Waals surface area contributed by atoms with Crippen molar-refractivity contribution in [1.29, 1.82) is 0 Å². The fraction of sp³-hybridized carbons (Fsp3) is 1.00. The number of thioether (sulfide) groups is 1. The summed E-state index contributed by atoms with van der Waals surface area (Å²) in [5.74, 6) is 0. The third kappa shape index (κ3) is 2.36. The highest BCUT2D eigenvalue weighted by atomic mass is 32.2. The lowest BCUT2D eigenvalue weighted by molar-refractivity contribution is 0.265. The molecule has 3 heteroatoms. The predicted octanol–water partition coefficient (Wildman–Crippen LogP) is 0.771. The van der Waals surface area contributed by atoms with Crippen molar-refractivity contribution in [2.24, 2.45) is 5.73 Å². The van der Waals surface area contributed by atoms with Gasteiger partial charge in [-0.25, -0.2) is 0 Å². The monoisotopic (exact) mass is 174 g/mol. The van der Waals surface area contributed by atoms with Crippen LogP contribution in [0.1, 0.15) is 13.3 Å². The summed E-state index contributed by atoms with van der Waals surface area (Å²) in [6.45, 7) is 5.48. The highest BCUT2D eigenvalue weighted by Crippen LogP contribution is 2.21. The molecule has 1 heterocycles. The van der Waals surface area contributed by atoms with Crippen LogP contribution in [-0.2, 0) is 0 Å². The van der Waals surface area contributed by atoms with Gasteiger partial charge in [0.25, 0.3) is 0 Å². The Bertz CT molecular complexity index is 119. The lowest BCUT2D eigenvalue weighted by atomic mass is 10.3. The maximum Gasteiger partial charge on any atom is 0.0190 e. The molecule has 0 aromatic carbocycles. The Morgan fingerprint density at radius 1 is 1.73 bits per heavy atom. The Labute approximate surface area is 73.5 Å². The number of likely N-dealkylation sites (tertiary alicyclic amines) is 1. The average Bonchev–Trinajstić information content (AvgIpc) is 2.50. The van der Waals surface area contributed by atoms with Crippen LogP contribution in [0.25, 0.3) is 0 Å². The Morgan fingerprint density at radius 2 is 2.45 bits per heavy atom. The zero-order valence-corrected chi connectivity index (χ0v) is 8.23. The number of nitrogens with two attached hydrogens (primary N) is 1. The van der Waals surface area contributed by atoms with Gasteiger partial charge in [0.1, 0.15) is 0 Å². The predicted molar refractivity (Wildman–Crippen MR) is 52.0 cm³/mol. The largest absolute Gasteiger partial charge is 0.329 e. The average molecular weight is 174 g/mol. The molecule has 1 fully saturated rings. The normalized spacial score (nSPS) is 29.2. The van der Waals surface area contributed by atoms with E-state index in [1.807, 2.05) is 11.8 Å². The van der Waals surface area contributed by atoms with Gasteiger partial charge in [0.2, 0.25) is 0 Å². The summed E-state index contributed by atoms with van der Waals surface area (Å²) in [4.78, 5) is 2.49. The van der Waals surface area contributed by atoms with Crippen LogP contribution in [0.4, 0.5) is 0 Å². The maximum absolute atomic E-state index is 5.59. The van der Waals surface area contributed by atoms with Crippen LogP contribution in [0.2, 0.25) is 0 Å². The first kappa shape index (κ1) is 9.36. The quantitative estimate of drug-likeness (QED) is 0.685. The SMILES string of the molecule is CSC1CCN(C(C)CN)C1. The molecule has 0 aromatic heterocycles. The van der Waals surface area contributed by atoms with E-state index in [0.29, 0.717) is 6.04 Å². The van der Waals surface area contributed by atoms with E-state index in [1.54, 1.807) is 0 Å². The molecule has 0 amide bonds. The van der Waals surface area contributed by atoms with Crippen molar-refractivity contribution < 1.29 is 0 Å². The third-order valence-electron chi connectivity index (χ3n) is 2.47. The molecule has 2 N–H and O–H groups in total. The van der Waals surface area contributed by atoms with Gasteiger partial charge in [-0.2, -0.15) is 11.8 Å². The van der Waals surface area contributed by atoms with Gasteiger partial charge in [0, 0.05) is 24.4 Å². The van der Waals surface area contributed by atoms with Crippen LogP contribution in [0.3, 0.4) is 0 Å². The number of nitrogens with zero attached hydrogens (tertiary/aromatic N) is 1. The maximum atomic E-state index is 5.59. The summed E-state index contributed by atoms with van der Waals surface area (Å²) < 4.78 is 0. The van der Waals surface area contributed by atoms with Crippen molar-refractivity contribution in [3.63, 3.8) is 0 Å². The second-order valence-corrected chi connectivity index (χ2v) is 4.36. The smallest absolute Gasteiger partial charge is 0.0190 e. The number of rotatable bonds is 3. The topological polar surface area (TPSA) is 29.3 Å². The van der Waals surface area contributed by atoms with E-state index in [-0.39, 0.29) is 0 Å². The van der Waals surface area contributed by atoms with E-state index in [0.717, 1.165) is 11.8 Å². The molecular weight excluding hydrogens is 156 g/mol. The van der Waals surface area contributed by atoms with E-state index < -0.39 is 0 Å². The summed E-state index contributed by atoms with van der Waals surface area (Å²) in [7, 11) is 0. The fourth-order valence-electron chi connectivity index (χ4n) is 1.50. The second kappa shape index (κ2) is 4.33. The molecule has 2 unspecified atom stereocenters. The van der Waals surface area contributed by atoms with Gasteiger partial charge < -0.3 is 5.73 Å². The first-order valence-corrected chi connectivity index (χ1v) is 5.53. The lowest BCUT2D eigenvalue weighted by Gasteiger charge is -2.22. The van der Waals surface area contributed by atoms with E-state index in [4.69, 9.17) is 5.73 Å². The molecule has 0 saturated carbocycles. The summed E-state index contributed by atoms with van der Waals surface area (Å²) in [6.07, 6.45) is 3.53. The zero-order chi connectivity index (χ0) is 8.27. The minimum atomic E-state index is 0.576. The summed E-state index contributed by atoms with van der Waals surface area (Å²) in [6, 6.07) is 0.576. The van der Waals surface area contributed by atoms with Crippen LogP contribution in [0, 0.1) is 0 Å². The van der Waals surface area contributed by atoms with Gasteiger partial charge in [0.15, 0.2) is 0 Å². The zero-order valence-electron chi connectivity index (χ0n) is 7.42. The molecule has 0 bridgehead atoms. The third-order valence-corrected chi connectivity index (χ3v) is 3.53. The van der Waals surface area contributed by atoms with Crippen LogP contribution < -0.4 is 5.73 Å². The van der Waals surface area contributed by atoms with Crippen molar-refractivity contribution in [3.05, 3.63) is 0 Å². The van der Waals surface area contributed by atoms with E-state index >= 15 is 0 Å². The Kier molecular flexibility index (Phi) is 3.69. The first-order chi connectivity index (χ1) is 5.27. The van der Waals surface area contributed by atoms with Crippen molar-refractivity contribution >= 4 is 11.8 Å². The molecule has 0 aromatic rings. The van der Waals surface area contributed by atoms with Gasteiger partial charge in [-0.1, -0.05) is 0 Å². The fourth-order valence-corrected chi connectivity index (χ4v) is 2.18. The molecule has 1 aliphatic heterocycles. The molecule has 1 saturated heterocycles. The highest BCUT2D eigenvalue weighted by molar-refractivity contribution is 7.99. The molecule has 11 heavy (non-hydrogen) atoms. The number of hydrogen-bond acceptors (Lipinski definition) is 3. The van der Waals surface area contributed by atoms with Crippen molar-refractivity contribution in [3.8, 4) is 0 Å². The molecule has 0 radical (unpaired) electrons. The molecule has 2 atom stereocenters. The van der Waals surface area contributed by atoms with Crippen LogP contribution in [0.5, 0.6) is 0 Å².